The van der Waals surface area contributed by atoms with Gasteiger partial charge < -0.3 is 10.6 Å². The van der Waals surface area contributed by atoms with Gasteiger partial charge in [-0.15, -0.1) is 0 Å². The van der Waals surface area contributed by atoms with Gasteiger partial charge in [0.1, 0.15) is 5.15 Å². The van der Waals surface area contributed by atoms with Gasteiger partial charge in [0.25, 0.3) is 0 Å². The second-order valence-corrected chi connectivity index (χ2v) is 4.38. The van der Waals surface area contributed by atoms with Crippen LogP contribution in [0.15, 0.2) is 18.3 Å². The van der Waals surface area contributed by atoms with E-state index < -0.39 is 0 Å². The topological polar surface area (TPSA) is 54.0 Å². The smallest absolute Gasteiger partial charge is 0.229 e. The van der Waals surface area contributed by atoms with Gasteiger partial charge in [0.05, 0.1) is 17.8 Å². The van der Waals surface area contributed by atoms with Crippen molar-refractivity contribution >= 4 is 23.2 Å². The van der Waals surface area contributed by atoms with Gasteiger partial charge >= 0.3 is 0 Å². The van der Waals surface area contributed by atoms with Crippen molar-refractivity contribution in [2.24, 2.45) is 5.92 Å². The number of pyridine rings is 1. The number of carbonyl (C=O) groups excluding carboxylic acids is 1. The minimum Gasteiger partial charge on any atom is -0.324 e. The monoisotopic (exact) mass is 239 g/mol. The molecule has 1 amide bonds. The zero-order valence-electron chi connectivity index (χ0n) is 9.03. The molecule has 0 saturated carbocycles. The first-order chi connectivity index (χ1) is 7.66. The number of nitrogens with one attached hydrogen (secondary N) is 2. The fourth-order valence-corrected chi connectivity index (χ4v) is 2.01. The van der Waals surface area contributed by atoms with Crippen molar-refractivity contribution in [3.05, 3.63) is 23.5 Å². The molecular formula is C11H14ClN3O. The van der Waals surface area contributed by atoms with Crippen LogP contribution in [0.4, 0.5) is 5.69 Å². The molecule has 0 radical (unpaired) electrons. The van der Waals surface area contributed by atoms with E-state index in [1.165, 1.54) is 0 Å². The molecule has 2 unspecified atom stereocenters. The van der Waals surface area contributed by atoms with Crippen LogP contribution in [0.5, 0.6) is 0 Å². The van der Waals surface area contributed by atoms with Crippen molar-refractivity contribution in [1.29, 1.82) is 0 Å². The Labute approximate surface area is 99.4 Å². The standard InChI is InChI=1S/C11H14ClN3O/c1-7-9(4-5-13-7)11(16)15-8-2-3-10(12)14-6-8/h2-3,6-7,9,13H,4-5H2,1H3,(H,15,16). The van der Waals surface area contributed by atoms with Crippen LogP contribution < -0.4 is 10.6 Å². The van der Waals surface area contributed by atoms with Crippen LogP contribution in [0.3, 0.4) is 0 Å². The van der Waals surface area contributed by atoms with Crippen LogP contribution in [0.25, 0.3) is 0 Å². The van der Waals surface area contributed by atoms with Crippen molar-refractivity contribution in [1.82, 2.24) is 10.3 Å². The first-order valence-electron chi connectivity index (χ1n) is 5.32. The molecule has 0 bridgehead atoms. The number of aromatic nitrogens is 1. The largest absolute Gasteiger partial charge is 0.324 e. The molecule has 2 N–H and O–H groups in total. The van der Waals surface area contributed by atoms with Gasteiger partial charge in [-0.1, -0.05) is 11.6 Å². The van der Waals surface area contributed by atoms with E-state index in [4.69, 9.17) is 11.6 Å². The Kier molecular flexibility index (Phi) is 3.41. The van der Waals surface area contributed by atoms with E-state index in [0.29, 0.717) is 10.8 Å². The lowest BCUT2D eigenvalue weighted by Crippen LogP contribution is -2.32. The van der Waals surface area contributed by atoms with Crippen molar-refractivity contribution in [3.8, 4) is 0 Å². The van der Waals surface area contributed by atoms with Crippen molar-refractivity contribution < 1.29 is 4.79 Å². The van der Waals surface area contributed by atoms with Crippen molar-refractivity contribution in [2.45, 2.75) is 19.4 Å². The maximum Gasteiger partial charge on any atom is 0.229 e. The third kappa shape index (κ3) is 2.51. The van der Waals surface area contributed by atoms with Gasteiger partial charge in [0, 0.05) is 6.04 Å². The minimum atomic E-state index is 0.0377. The van der Waals surface area contributed by atoms with Crippen LogP contribution in [0, 0.1) is 5.92 Å². The molecule has 0 spiro atoms. The SMILES string of the molecule is CC1NCCC1C(=O)Nc1ccc(Cl)nc1. The molecule has 1 aromatic rings. The molecule has 0 aromatic carbocycles. The summed E-state index contributed by atoms with van der Waals surface area (Å²) in [5.74, 6) is 0.0808. The highest BCUT2D eigenvalue weighted by atomic mass is 35.5. The second-order valence-electron chi connectivity index (χ2n) is 4.00. The molecule has 5 heteroatoms. The highest BCUT2D eigenvalue weighted by Gasteiger charge is 2.29. The molecule has 1 saturated heterocycles. The highest BCUT2D eigenvalue weighted by Crippen LogP contribution is 2.18. The Morgan fingerprint density at radius 2 is 2.44 bits per heavy atom. The Morgan fingerprint density at radius 3 is 3.00 bits per heavy atom. The average Bonchev–Trinajstić information content (AvgIpc) is 2.68. The summed E-state index contributed by atoms with van der Waals surface area (Å²) in [4.78, 5) is 15.8. The van der Waals surface area contributed by atoms with E-state index in [-0.39, 0.29) is 17.9 Å². The molecule has 0 aliphatic carbocycles. The summed E-state index contributed by atoms with van der Waals surface area (Å²) < 4.78 is 0. The molecule has 1 aromatic heterocycles. The predicted octanol–water partition coefficient (Wildman–Crippen LogP) is 1.67. The number of carbonyl (C=O) groups is 1. The Hall–Kier alpha value is -1.13. The van der Waals surface area contributed by atoms with Crippen molar-refractivity contribution in [3.63, 3.8) is 0 Å². The summed E-state index contributed by atoms with van der Waals surface area (Å²) >= 11 is 5.66. The van der Waals surface area contributed by atoms with Crippen LogP contribution in [0.2, 0.25) is 5.15 Å². The number of hydrogen-bond acceptors (Lipinski definition) is 3. The van der Waals surface area contributed by atoms with Gasteiger partial charge in [-0.25, -0.2) is 4.98 Å². The van der Waals surface area contributed by atoms with Gasteiger partial charge in [0.15, 0.2) is 0 Å². The molecule has 2 heterocycles. The lowest BCUT2D eigenvalue weighted by atomic mass is 10.0. The third-order valence-electron chi connectivity index (χ3n) is 2.86. The van der Waals surface area contributed by atoms with Crippen molar-refractivity contribution in [2.75, 3.05) is 11.9 Å². The Morgan fingerprint density at radius 1 is 1.62 bits per heavy atom. The number of halogens is 1. The number of anilines is 1. The zero-order valence-corrected chi connectivity index (χ0v) is 9.79. The summed E-state index contributed by atoms with van der Waals surface area (Å²) in [6, 6.07) is 3.65. The molecule has 1 aliphatic heterocycles. The summed E-state index contributed by atoms with van der Waals surface area (Å²) in [5.41, 5.74) is 0.688. The summed E-state index contributed by atoms with van der Waals surface area (Å²) in [7, 11) is 0. The average molecular weight is 240 g/mol. The second kappa shape index (κ2) is 4.80. The molecule has 2 rings (SSSR count). The molecular weight excluding hydrogens is 226 g/mol. The van der Waals surface area contributed by atoms with Gasteiger partial charge in [-0.05, 0) is 32.0 Å². The number of hydrogen-bond donors (Lipinski definition) is 2. The molecule has 1 aliphatic rings. The molecule has 4 nitrogen and oxygen atoms in total. The quantitative estimate of drug-likeness (QED) is 0.772. The third-order valence-corrected chi connectivity index (χ3v) is 3.08. The number of rotatable bonds is 2. The van der Waals surface area contributed by atoms with E-state index in [1.54, 1.807) is 18.3 Å². The zero-order chi connectivity index (χ0) is 11.5. The highest BCUT2D eigenvalue weighted by molar-refractivity contribution is 6.29. The summed E-state index contributed by atoms with van der Waals surface area (Å²) in [6.45, 7) is 2.93. The van der Waals surface area contributed by atoms with E-state index in [9.17, 15) is 4.79 Å². The molecule has 86 valence electrons. The fraction of sp³-hybridized carbons (Fsp3) is 0.455. The van der Waals surface area contributed by atoms with Gasteiger partial charge in [-0.3, -0.25) is 4.79 Å². The molecule has 2 atom stereocenters. The first-order valence-corrected chi connectivity index (χ1v) is 5.70. The van der Waals surface area contributed by atoms with Gasteiger partial charge in [0.2, 0.25) is 5.91 Å². The van der Waals surface area contributed by atoms with E-state index >= 15 is 0 Å². The predicted molar refractivity (Wildman–Crippen MR) is 63.4 cm³/mol. The fourth-order valence-electron chi connectivity index (χ4n) is 1.90. The van der Waals surface area contributed by atoms with Crippen LogP contribution in [-0.4, -0.2) is 23.5 Å². The van der Waals surface area contributed by atoms with E-state index in [2.05, 4.69) is 15.6 Å². The molecule has 1 fully saturated rings. The Balaban J connectivity index is 1.99. The molecule has 16 heavy (non-hydrogen) atoms. The summed E-state index contributed by atoms with van der Waals surface area (Å²) in [5, 5.41) is 6.51. The Bertz CT molecular complexity index is 379. The van der Waals surface area contributed by atoms with Gasteiger partial charge in [-0.2, -0.15) is 0 Å². The normalized spacial score (nSPS) is 24.4. The number of nitrogens with zero attached hydrogens (tertiary/aromatic N) is 1. The first kappa shape index (κ1) is 11.4. The number of amides is 1. The van der Waals surface area contributed by atoms with E-state index in [1.807, 2.05) is 6.92 Å². The lowest BCUT2D eigenvalue weighted by molar-refractivity contribution is -0.120. The minimum absolute atomic E-state index is 0.0377. The van der Waals surface area contributed by atoms with E-state index in [0.717, 1.165) is 13.0 Å². The maximum atomic E-state index is 11.9. The van der Waals surface area contributed by atoms with Crippen LogP contribution in [-0.2, 0) is 4.79 Å². The van der Waals surface area contributed by atoms with Crippen LogP contribution in [0.1, 0.15) is 13.3 Å². The summed E-state index contributed by atoms with van der Waals surface area (Å²) in [6.07, 6.45) is 2.45. The lowest BCUT2D eigenvalue weighted by Gasteiger charge is -2.14. The maximum absolute atomic E-state index is 11.9. The van der Waals surface area contributed by atoms with Crippen LogP contribution >= 0.6 is 11.6 Å².